The Kier molecular flexibility index (Phi) is 5.48. The van der Waals surface area contributed by atoms with Crippen molar-refractivity contribution in [1.82, 2.24) is 10.2 Å². The van der Waals surface area contributed by atoms with Crippen LogP contribution < -0.4 is 5.32 Å². The van der Waals surface area contributed by atoms with Gasteiger partial charge in [0, 0.05) is 13.1 Å². The first-order chi connectivity index (χ1) is 12.5. The number of carbonyl (C=O) groups is 2. The number of rotatable bonds is 4. The summed E-state index contributed by atoms with van der Waals surface area (Å²) in [5.41, 5.74) is 1.84. The first-order valence-corrected chi connectivity index (χ1v) is 8.25. The molecule has 1 heterocycles. The Balaban J connectivity index is 1.55. The molecule has 1 saturated heterocycles. The summed E-state index contributed by atoms with van der Waals surface area (Å²) in [6.45, 7) is 1.57. The van der Waals surface area contributed by atoms with Crippen molar-refractivity contribution in [3.05, 3.63) is 71.0 Å². The molecule has 136 valence electrons. The molecule has 7 heteroatoms. The molecule has 1 aliphatic heterocycles. The van der Waals surface area contributed by atoms with E-state index in [1.807, 2.05) is 0 Å². The second-order valence-corrected chi connectivity index (χ2v) is 6.02. The second kappa shape index (κ2) is 7.97. The number of halogens is 1. The number of urea groups is 1. The number of benzene rings is 2. The zero-order valence-corrected chi connectivity index (χ0v) is 14.0. The number of morpholine rings is 1. The number of carbonyl (C=O) groups excluding carboxylic acids is 1. The Labute approximate surface area is 150 Å². The molecule has 1 atom stereocenters. The summed E-state index contributed by atoms with van der Waals surface area (Å²) in [5.74, 6) is -1.30. The Morgan fingerprint density at radius 1 is 1.15 bits per heavy atom. The highest BCUT2D eigenvalue weighted by atomic mass is 19.1. The molecule has 26 heavy (non-hydrogen) atoms. The SMILES string of the molecule is O=C(O)c1ccc(CNC(=O)N2CCOC(c3ccc(F)cc3)C2)cc1. The molecule has 1 aliphatic rings. The monoisotopic (exact) mass is 358 g/mol. The van der Waals surface area contributed by atoms with Crippen molar-refractivity contribution in [3.63, 3.8) is 0 Å². The zero-order chi connectivity index (χ0) is 18.5. The van der Waals surface area contributed by atoms with Gasteiger partial charge >= 0.3 is 12.0 Å². The predicted molar refractivity (Wildman–Crippen MR) is 92.3 cm³/mol. The quantitative estimate of drug-likeness (QED) is 0.881. The van der Waals surface area contributed by atoms with Crippen molar-refractivity contribution < 1.29 is 23.8 Å². The van der Waals surface area contributed by atoms with Crippen molar-refractivity contribution in [3.8, 4) is 0 Å². The van der Waals surface area contributed by atoms with Crippen LogP contribution in [0.1, 0.15) is 27.6 Å². The van der Waals surface area contributed by atoms with Crippen LogP contribution in [0, 0.1) is 5.82 Å². The van der Waals surface area contributed by atoms with Gasteiger partial charge in [0.2, 0.25) is 0 Å². The number of nitrogens with one attached hydrogen (secondary N) is 1. The lowest BCUT2D eigenvalue weighted by molar-refractivity contribution is -0.0155. The van der Waals surface area contributed by atoms with Crippen LogP contribution in [-0.4, -0.2) is 41.7 Å². The molecular formula is C19H19FN2O4. The third kappa shape index (κ3) is 4.37. The lowest BCUT2D eigenvalue weighted by Gasteiger charge is -2.33. The summed E-state index contributed by atoms with van der Waals surface area (Å²) in [5, 5.41) is 11.7. The molecule has 0 bridgehead atoms. The van der Waals surface area contributed by atoms with Gasteiger partial charge < -0.3 is 20.1 Å². The highest BCUT2D eigenvalue weighted by Gasteiger charge is 2.25. The van der Waals surface area contributed by atoms with Gasteiger partial charge in [-0.15, -0.1) is 0 Å². The summed E-state index contributed by atoms with van der Waals surface area (Å²) in [7, 11) is 0. The lowest BCUT2D eigenvalue weighted by Crippen LogP contribution is -2.46. The van der Waals surface area contributed by atoms with Gasteiger partial charge in [0.25, 0.3) is 0 Å². The molecule has 3 rings (SSSR count). The molecule has 0 aliphatic carbocycles. The van der Waals surface area contributed by atoms with E-state index in [1.165, 1.54) is 24.3 Å². The maximum atomic E-state index is 13.0. The summed E-state index contributed by atoms with van der Waals surface area (Å²) >= 11 is 0. The number of nitrogens with zero attached hydrogens (tertiary/aromatic N) is 1. The Bertz CT molecular complexity index is 777. The molecule has 1 fully saturated rings. The van der Waals surface area contributed by atoms with Gasteiger partial charge in [-0.25, -0.2) is 14.0 Å². The molecule has 2 aromatic rings. The maximum absolute atomic E-state index is 13.0. The zero-order valence-electron chi connectivity index (χ0n) is 14.0. The minimum Gasteiger partial charge on any atom is -0.478 e. The average Bonchev–Trinajstić information content (AvgIpc) is 2.67. The molecular weight excluding hydrogens is 339 g/mol. The van der Waals surface area contributed by atoms with Crippen molar-refractivity contribution in [2.75, 3.05) is 19.7 Å². The highest BCUT2D eigenvalue weighted by molar-refractivity contribution is 5.87. The van der Waals surface area contributed by atoms with Gasteiger partial charge in [-0.1, -0.05) is 24.3 Å². The van der Waals surface area contributed by atoms with Gasteiger partial charge in [0.15, 0.2) is 0 Å². The number of carboxylic acids is 1. The average molecular weight is 358 g/mol. The van der Waals surface area contributed by atoms with E-state index in [0.29, 0.717) is 26.2 Å². The van der Waals surface area contributed by atoms with Crippen LogP contribution in [0.4, 0.5) is 9.18 Å². The van der Waals surface area contributed by atoms with Crippen molar-refractivity contribution in [2.45, 2.75) is 12.6 Å². The van der Waals surface area contributed by atoms with Crippen LogP contribution in [-0.2, 0) is 11.3 Å². The number of amides is 2. The van der Waals surface area contributed by atoms with E-state index in [0.717, 1.165) is 11.1 Å². The van der Waals surface area contributed by atoms with Crippen LogP contribution in [0.5, 0.6) is 0 Å². The Morgan fingerprint density at radius 2 is 1.85 bits per heavy atom. The first-order valence-electron chi connectivity index (χ1n) is 8.25. The number of carboxylic acid groups (broad SMARTS) is 1. The fourth-order valence-electron chi connectivity index (χ4n) is 2.77. The molecule has 6 nitrogen and oxygen atoms in total. The van der Waals surface area contributed by atoms with E-state index in [-0.39, 0.29) is 23.5 Å². The molecule has 0 aromatic heterocycles. The molecule has 0 radical (unpaired) electrons. The largest absolute Gasteiger partial charge is 0.478 e. The van der Waals surface area contributed by atoms with Crippen molar-refractivity contribution in [2.24, 2.45) is 0 Å². The molecule has 0 saturated carbocycles. The molecule has 1 unspecified atom stereocenters. The number of aromatic carboxylic acids is 1. The van der Waals surface area contributed by atoms with E-state index in [2.05, 4.69) is 5.32 Å². The third-order valence-corrected chi connectivity index (χ3v) is 4.24. The maximum Gasteiger partial charge on any atom is 0.335 e. The van der Waals surface area contributed by atoms with Crippen LogP contribution in [0.3, 0.4) is 0 Å². The number of hydrogen-bond donors (Lipinski definition) is 2. The third-order valence-electron chi connectivity index (χ3n) is 4.24. The van der Waals surface area contributed by atoms with Crippen LogP contribution >= 0.6 is 0 Å². The number of hydrogen-bond acceptors (Lipinski definition) is 3. The van der Waals surface area contributed by atoms with Gasteiger partial charge in [-0.05, 0) is 35.4 Å². The predicted octanol–water partition coefficient (Wildman–Crippen LogP) is 2.81. The van der Waals surface area contributed by atoms with E-state index in [9.17, 15) is 14.0 Å². The van der Waals surface area contributed by atoms with Gasteiger partial charge in [-0.3, -0.25) is 0 Å². The van der Waals surface area contributed by atoms with Crippen LogP contribution in [0.15, 0.2) is 48.5 Å². The normalized spacial score (nSPS) is 17.0. The first kappa shape index (κ1) is 17.9. The fraction of sp³-hybridized carbons (Fsp3) is 0.263. The second-order valence-electron chi connectivity index (χ2n) is 6.02. The summed E-state index contributed by atoms with van der Waals surface area (Å²) in [4.78, 5) is 24.9. The fourth-order valence-corrected chi connectivity index (χ4v) is 2.77. The molecule has 2 amide bonds. The summed E-state index contributed by atoms with van der Waals surface area (Å²) in [6, 6.07) is 12.2. The highest BCUT2D eigenvalue weighted by Crippen LogP contribution is 2.22. The minimum atomic E-state index is -0.985. The standard InChI is InChI=1S/C19H19FN2O4/c20-16-7-5-14(6-8-16)17-12-22(9-10-26-17)19(25)21-11-13-1-3-15(4-2-13)18(23)24/h1-8,17H,9-12H2,(H,21,25)(H,23,24). The van der Waals surface area contributed by atoms with E-state index in [1.54, 1.807) is 29.2 Å². The molecule has 0 spiro atoms. The topological polar surface area (TPSA) is 78.9 Å². The van der Waals surface area contributed by atoms with Crippen molar-refractivity contribution >= 4 is 12.0 Å². The van der Waals surface area contributed by atoms with Crippen molar-refractivity contribution in [1.29, 1.82) is 0 Å². The smallest absolute Gasteiger partial charge is 0.335 e. The Hall–Kier alpha value is -2.93. The molecule has 2 aromatic carbocycles. The van der Waals surface area contributed by atoms with Gasteiger partial charge in [0.1, 0.15) is 11.9 Å². The van der Waals surface area contributed by atoms with Gasteiger partial charge in [0.05, 0.1) is 18.7 Å². The van der Waals surface area contributed by atoms with Gasteiger partial charge in [-0.2, -0.15) is 0 Å². The lowest BCUT2D eigenvalue weighted by atomic mass is 10.1. The minimum absolute atomic E-state index is 0.204. The summed E-state index contributed by atoms with van der Waals surface area (Å²) in [6.07, 6.45) is -0.287. The number of ether oxygens (including phenoxy) is 1. The van der Waals surface area contributed by atoms with Crippen LogP contribution in [0.25, 0.3) is 0 Å². The summed E-state index contributed by atoms with van der Waals surface area (Å²) < 4.78 is 18.7. The van der Waals surface area contributed by atoms with E-state index >= 15 is 0 Å². The van der Waals surface area contributed by atoms with E-state index < -0.39 is 5.97 Å². The molecule has 2 N–H and O–H groups in total. The van der Waals surface area contributed by atoms with E-state index in [4.69, 9.17) is 9.84 Å². The Morgan fingerprint density at radius 3 is 2.50 bits per heavy atom. The van der Waals surface area contributed by atoms with Crippen LogP contribution in [0.2, 0.25) is 0 Å².